The molecule has 0 spiro atoms. The highest BCUT2D eigenvalue weighted by Gasteiger charge is 2.29. The van der Waals surface area contributed by atoms with Gasteiger partial charge in [0.25, 0.3) is 15.9 Å². The zero-order valence-electron chi connectivity index (χ0n) is 18.6. The van der Waals surface area contributed by atoms with Crippen LogP contribution in [0.15, 0.2) is 77.7 Å². The zero-order chi connectivity index (χ0) is 24.1. The number of nitrogens with one attached hydrogen (secondary N) is 3. The minimum Gasteiger partial charge on any atom is -0.484 e. The maximum Gasteiger partial charge on any atom is 0.262 e. The largest absolute Gasteiger partial charge is 0.484 e. The van der Waals surface area contributed by atoms with Gasteiger partial charge in [0.15, 0.2) is 6.61 Å². The molecule has 2 amide bonds. The molecule has 176 valence electrons. The first kappa shape index (κ1) is 23.3. The van der Waals surface area contributed by atoms with Gasteiger partial charge in [-0.2, -0.15) is 0 Å². The molecule has 0 saturated heterocycles. The lowest BCUT2D eigenvalue weighted by Gasteiger charge is -2.11. The number of hydrogen-bond donors (Lipinski definition) is 3. The molecule has 0 radical (unpaired) electrons. The lowest BCUT2D eigenvalue weighted by atomic mass is 10.2. The average Bonchev–Trinajstić information content (AvgIpc) is 3.65. The Morgan fingerprint density at radius 3 is 2.24 bits per heavy atom. The van der Waals surface area contributed by atoms with E-state index < -0.39 is 10.0 Å². The number of aryl methyl sites for hydroxylation is 1. The molecule has 1 aliphatic carbocycles. The van der Waals surface area contributed by atoms with E-state index >= 15 is 0 Å². The summed E-state index contributed by atoms with van der Waals surface area (Å²) in [5.74, 6) is 0.184. The number of carbonyl (C=O) groups is 2. The van der Waals surface area contributed by atoms with Crippen molar-refractivity contribution >= 4 is 38.9 Å². The maximum atomic E-state index is 12.5. The third-order valence-electron chi connectivity index (χ3n) is 5.17. The molecule has 1 saturated carbocycles. The molecule has 0 aromatic heterocycles. The number of sulfonamides is 1. The molecule has 3 N–H and O–H groups in total. The highest BCUT2D eigenvalue weighted by Crippen LogP contribution is 2.30. The number of benzene rings is 3. The van der Waals surface area contributed by atoms with Gasteiger partial charge in [-0.1, -0.05) is 23.8 Å². The van der Waals surface area contributed by atoms with Crippen LogP contribution < -0.4 is 20.1 Å². The van der Waals surface area contributed by atoms with E-state index in [0.717, 1.165) is 18.4 Å². The Hall–Kier alpha value is -3.85. The van der Waals surface area contributed by atoms with Crippen molar-refractivity contribution in [2.24, 2.45) is 5.92 Å². The van der Waals surface area contributed by atoms with Crippen LogP contribution in [-0.2, 0) is 19.6 Å². The lowest BCUT2D eigenvalue weighted by Crippen LogP contribution is -2.20. The average molecular weight is 480 g/mol. The molecular formula is C25H25N3O5S. The molecular weight excluding hydrogens is 454 g/mol. The smallest absolute Gasteiger partial charge is 0.262 e. The van der Waals surface area contributed by atoms with Crippen molar-refractivity contribution in [3.8, 4) is 5.75 Å². The van der Waals surface area contributed by atoms with Gasteiger partial charge in [-0.15, -0.1) is 0 Å². The Morgan fingerprint density at radius 2 is 1.56 bits per heavy atom. The Labute approximate surface area is 198 Å². The van der Waals surface area contributed by atoms with Gasteiger partial charge >= 0.3 is 0 Å². The lowest BCUT2D eigenvalue weighted by molar-refractivity contribution is -0.118. The summed E-state index contributed by atoms with van der Waals surface area (Å²) in [6, 6.07) is 19.8. The van der Waals surface area contributed by atoms with E-state index in [0.29, 0.717) is 22.8 Å². The molecule has 3 aromatic carbocycles. The van der Waals surface area contributed by atoms with Crippen molar-refractivity contribution in [2.75, 3.05) is 22.0 Å². The van der Waals surface area contributed by atoms with Crippen LogP contribution >= 0.6 is 0 Å². The number of anilines is 3. The van der Waals surface area contributed by atoms with E-state index in [1.807, 2.05) is 6.92 Å². The first-order valence-corrected chi connectivity index (χ1v) is 12.3. The molecule has 3 aromatic rings. The molecule has 34 heavy (non-hydrogen) atoms. The van der Waals surface area contributed by atoms with Crippen LogP contribution in [0.4, 0.5) is 17.1 Å². The van der Waals surface area contributed by atoms with Gasteiger partial charge in [-0.25, -0.2) is 8.42 Å². The van der Waals surface area contributed by atoms with Crippen LogP contribution in [0.2, 0.25) is 0 Å². The van der Waals surface area contributed by atoms with E-state index in [2.05, 4.69) is 15.4 Å². The molecule has 0 atom stereocenters. The van der Waals surface area contributed by atoms with Gasteiger partial charge in [0.05, 0.1) is 4.90 Å². The minimum absolute atomic E-state index is 0.000467. The third kappa shape index (κ3) is 6.35. The van der Waals surface area contributed by atoms with Crippen LogP contribution in [0, 0.1) is 12.8 Å². The molecule has 0 heterocycles. The first-order valence-electron chi connectivity index (χ1n) is 10.8. The predicted octanol–water partition coefficient (Wildman–Crippen LogP) is 4.16. The van der Waals surface area contributed by atoms with Crippen molar-refractivity contribution in [3.05, 3.63) is 78.4 Å². The van der Waals surface area contributed by atoms with E-state index in [4.69, 9.17) is 4.74 Å². The summed E-state index contributed by atoms with van der Waals surface area (Å²) < 4.78 is 33.0. The molecule has 1 fully saturated rings. The second-order valence-corrected chi connectivity index (χ2v) is 9.81. The highest BCUT2D eigenvalue weighted by molar-refractivity contribution is 7.92. The number of rotatable bonds is 9. The summed E-state index contributed by atoms with van der Waals surface area (Å²) in [6.45, 7) is 1.66. The summed E-state index contributed by atoms with van der Waals surface area (Å²) in [6.07, 6.45) is 1.84. The number of carbonyl (C=O) groups excluding carboxylic acids is 2. The second-order valence-electron chi connectivity index (χ2n) is 8.12. The Bertz CT molecular complexity index is 1280. The number of hydrogen-bond acceptors (Lipinski definition) is 5. The van der Waals surface area contributed by atoms with E-state index in [1.54, 1.807) is 72.8 Å². The molecule has 0 aliphatic heterocycles. The fraction of sp³-hybridized carbons (Fsp3) is 0.200. The fourth-order valence-electron chi connectivity index (χ4n) is 3.15. The standard InChI is InChI=1S/C25H25N3O5S/c1-17-5-13-23(14-6-17)34(31,32)28-20-11-9-19(10-12-20)26-24(29)16-33-22-4-2-3-21(15-22)27-25(30)18-7-8-18/h2-6,9-15,18,28H,7-8,16H2,1H3,(H,26,29)(H,27,30). The number of ether oxygens (including phenoxy) is 1. The zero-order valence-corrected chi connectivity index (χ0v) is 19.4. The van der Waals surface area contributed by atoms with Crippen molar-refractivity contribution in [1.29, 1.82) is 0 Å². The van der Waals surface area contributed by atoms with Crippen LogP contribution in [-0.4, -0.2) is 26.8 Å². The maximum absolute atomic E-state index is 12.5. The van der Waals surface area contributed by atoms with Crippen LogP contribution in [0.1, 0.15) is 18.4 Å². The van der Waals surface area contributed by atoms with Gasteiger partial charge in [-0.3, -0.25) is 14.3 Å². The van der Waals surface area contributed by atoms with Crippen LogP contribution in [0.3, 0.4) is 0 Å². The van der Waals surface area contributed by atoms with E-state index in [1.165, 1.54) is 0 Å². The van der Waals surface area contributed by atoms with Crippen LogP contribution in [0.25, 0.3) is 0 Å². The van der Waals surface area contributed by atoms with Gasteiger partial charge in [-0.05, 0) is 68.3 Å². The van der Waals surface area contributed by atoms with Crippen LogP contribution in [0.5, 0.6) is 5.75 Å². The Balaban J connectivity index is 1.28. The summed E-state index contributed by atoms with van der Waals surface area (Å²) in [5, 5.41) is 5.54. The fourth-order valence-corrected chi connectivity index (χ4v) is 4.21. The summed E-state index contributed by atoms with van der Waals surface area (Å²) >= 11 is 0. The van der Waals surface area contributed by atoms with Crippen molar-refractivity contribution in [2.45, 2.75) is 24.7 Å². The topological polar surface area (TPSA) is 114 Å². The summed E-state index contributed by atoms with van der Waals surface area (Å²) in [7, 11) is -3.70. The van der Waals surface area contributed by atoms with Gasteiger partial charge in [0, 0.05) is 29.0 Å². The van der Waals surface area contributed by atoms with Crippen molar-refractivity contribution < 1.29 is 22.7 Å². The Morgan fingerprint density at radius 1 is 0.882 bits per heavy atom. The monoisotopic (exact) mass is 479 g/mol. The predicted molar refractivity (Wildman–Crippen MR) is 130 cm³/mol. The summed E-state index contributed by atoms with van der Waals surface area (Å²) in [5.41, 5.74) is 2.46. The first-order chi connectivity index (χ1) is 16.3. The SMILES string of the molecule is Cc1ccc(S(=O)(=O)Nc2ccc(NC(=O)COc3cccc(NC(=O)C4CC4)c3)cc2)cc1. The molecule has 9 heteroatoms. The van der Waals surface area contributed by atoms with Gasteiger partial charge < -0.3 is 15.4 Å². The second kappa shape index (κ2) is 9.96. The minimum atomic E-state index is -3.70. The van der Waals surface area contributed by atoms with E-state index in [-0.39, 0.29) is 29.2 Å². The number of amides is 2. The van der Waals surface area contributed by atoms with Crippen molar-refractivity contribution in [3.63, 3.8) is 0 Å². The summed E-state index contributed by atoms with van der Waals surface area (Å²) in [4.78, 5) is 24.3. The van der Waals surface area contributed by atoms with Gasteiger partial charge in [0.2, 0.25) is 5.91 Å². The molecule has 8 nitrogen and oxygen atoms in total. The highest BCUT2D eigenvalue weighted by atomic mass is 32.2. The Kier molecular flexibility index (Phi) is 6.83. The molecule has 0 unspecified atom stereocenters. The van der Waals surface area contributed by atoms with E-state index in [9.17, 15) is 18.0 Å². The van der Waals surface area contributed by atoms with Crippen molar-refractivity contribution in [1.82, 2.24) is 0 Å². The molecule has 0 bridgehead atoms. The molecule has 4 rings (SSSR count). The molecule has 1 aliphatic rings. The quantitative estimate of drug-likeness (QED) is 0.426. The normalized spacial score (nSPS) is 13.1. The van der Waals surface area contributed by atoms with Gasteiger partial charge in [0.1, 0.15) is 5.75 Å². The third-order valence-corrected chi connectivity index (χ3v) is 6.57.